The van der Waals surface area contributed by atoms with Crippen molar-refractivity contribution in [3.63, 3.8) is 0 Å². The lowest BCUT2D eigenvalue weighted by Gasteiger charge is -2.39. The van der Waals surface area contributed by atoms with Crippen LogP contribution >= 0.6 is 0 Å². The third-order valence-electron chi connectivity index (χ3n) is 4.07. The topological polar surface area (TPSA) is 75.6 Å². The number of amides is 1. The van der Waals surface area contributed by atoms with E-state index < -0.39 is 11.4 Å². The number of nitrogens with zero attached hydrogens (tertiary/aromatic N) is 2. The zero-order valence-electron chi connectivity index (χ0n) is 12.0. The molecule has 0 aromatic carbocycles. The Morgan fingerprint density at radius 3 is 2.67 bits per heavy atom. The van der Waals surface area contributed by atoms with Gasteiger partial charge in [-0.25, -0.2) is 0 Å². The molecule has 1 rings (SSSR count). The molecule has 106 valence electrons. The fourth-order valence-corrected chi connectivity index (χ4v) is 2.45. The van der Waals surface area contributed by atoms with Crippen LogP contribution in [0.2, 0.25) is 0 Å². The van der Waals surface area contributed by atoms with E-state index in [4.69, 9.17) is 11.5 Å². The van der Waals surface area contributed by atoms with Crippen molar-refractivity contribution in [1.29, 1.82) is 0 Å². The largest absolute Gasteiger partial charge is 0.368 e. The third kappa shape index (κ3) is 4.23. The van der Waals surface area contributed by atoms with E-state index >= 15 is 0 Å². The molecule has 1 heterocycles. The van der Waals surface area contributed by atoms with Crippen molar-refractivity contribution in [2.75, 3.05) is 33.2 Å². The van der Waals surface area contributed by atoms with E-state index in [0.717, 1.165) is 32.6 Å². The van der Waals surface area contributed by atoms with Crippen LogP contribution in [0, 0.1) is 0 Å². The highest BCUT2D eigenvalue weighted by molar-refractivity contribution is 5.83. The van der Waals surface area contributed by atoms with Gasteiger partial charge in [0.15, 0.2) is 0 Å². The maximum Gasteiger partial charge on any atom is 0.237 e. The summed E-state index contributed by atoms with van der Waals surface area (Å²) in [5.41, 5.74) is 10.3. The summed E-state index contributed by atoms with van der Waals surface area (Å²) in [5.74, 6) is -0.410. The lowest BCUT2D eigenvalue weighted by atomic mass is 9.96. The lowest BCUT2D eigenvalue weighted by molar-refractivity contribution is -0.122. The first-order valence-electron chi connectivity index (χ1n) is 6.88. The van der Waals surface area contributed by atoms with Gasteiger partial charge in [0.25, 0.3) is 0 Å². The molecule has 2 unspecified atom stereocenters. The predicted octanol–water partition coefficient (Wildman–Crippen LogP) is -0.00470. The summed E-state index contributed by atoms with van der Waals surface area (Å²) in [6, 6.07) is 0.652. The molecular weight excluding hydrogens is 228 g/mol. The summed E-state index contributed by atoms with van der Waals surface area (Å²) in [7, 11) is 2.19. The molecule has 0 saturated carbocycles. The lowest BCUT2D eigenvalue weighted by Crippen LogP contribution is -2.52. The van der Waals surface area contributed by atoms with Crippen molar-refractivity contribution < 1.29 is 4.79 Å². The Bertz CT molecular complexity index is 280. The minimum absolute atomic E-state index is 0.410. The summed E-state index contributed by atoms with van der Waals surface area (Å²) < 4.78 is 0. The SMILES string of the molecule is CCC1CN(CCCC(C)(N)C(N)=O)CCN1C. The van der Waals surface area contributed by atoms with Crippen LogP contribution < -0.4 is 11.5 Å². The van der Waals surface area contributed by atoms with Gasteiger partial charge in [0.05, 0.1) is 5.54 Å². The van der Waals surface area contributed by atoms with E-state index in [9.17, 15) is 4.79 Å². The summed E-state index contributed by atoms with van der Waals surface area (Å²) in [4.78, 5) is 16.0. The maximum absolute atomic E-state index is 11.1. The van der Waals surface area contributed by atoms with Gasteiger partial charge in [-0.1, -0.05) is 6.92 Å². The highest BCUT2D eigenvalue weighted by atomic mass is 16.1. The average molecular weight is 256 g/mol. The zero-order valence-corrected chi connectivity index (χ0v) is 12.0. The summed E-state index contributed by atoms with van der Waals surface area (Å²) in [6.07, 6.45) is 2.77. The molecule has 18 heavy (non-hydrogen) atoms. The predicted molar refractivity (Wildman–Crippen MR) is 74.2 cm³/mol. The maximum atomic E-state index is 11.1. The molecule has 5 heteroatoms. The van der Waals surface area contributed by atoms with Gasteiger partial charge >= 0.3 is 0 Å². The minimum Gasteiger partial charge on any atom is -0.368 e. The monoisotopic (exact) mass is 256 g/mol. The van der Waals surface area contributed by atoms with Gasteiger partial charge in [-0.05, 0) is 39.8 Å². The van der Waals surface area contributed by atoms with Crippen molar-refractivity contribution in [3.8, 4) is 0 Å². The van der Waals surface area contributed by atoms with Crippen molar-refractivity contribution in [1.82, 2.24) is 9.80 Å². The fourth-order valence-electron chi connectivity index (χ4n) is 2.45. The van der Waals surface area contributed by atoms with E-state index in [-0.39, 0.29) is 0 Å². The molecule has 0 aromatic heterocycles. The Hall–Kier alpha value is -0.650. The van der Waals surface area contributed by atoms with Crippen LogP contribution in [0.5, 0.6) is 0 Å². The van der Waals surface area contributed by atoms with Gasteiger partial charge in [-0.15, -0.1) is 0 Å². The van der Waals surface area contributed by atoms with Gasteiger partial charge in [0, 0.05) is 25.7 Å². The van der Waals surface area contributed by atoms with Crippen molar-refractivity contribution in [2.45, 2.75) is 44.7 Å². The first kappa shape index (κ1) is 15.4. The number of hydrogen-bond acceptors (Lipinski definition) is 4. The second-order valence-corrected chi connectivity index (χ2v) is 5.73. The van der Waals surface area contributed by atoms with E-state index in [1.54, 1.807) is 6.92 Å². The number of carbonyl (C=O) groups excluding carboxylic acids is 1. The summed E-state index contributed by atoms with van der Waals surface area (Å²) in [6.45, 7) is 8.29. The fraction of sp³-hybridized carbons (Fsp3) is 0.923. The molecule has 5 nitrogen and oxygen atoms in total. The van der Waals surface area contributed by atoms with Crippen molar-refractivity contribution >= 4 is 5.91 Å². The molecule has 1 aliphatic heterocycles. The van der Waals surface area contributed by atoms with Crippen LogP contribution in [0.15, 0.2) is 0 Å². The molecule has 0 spiro atoms. The Kier molecular flexibility index (Phi) is 5.56. The second-order valence-electron chi connectivity index (χ2n) is 5.73. The van der Waals surface area contributed by atoms with Gasteiger partial charge < -0.3 is 21.3 Å². The van der Waals surface area contributed by atoms with Crippen LogP contribution in [-0.4, -0.2) is 60.5 Å². The van der Waals surface area contributed by atoms with Gasteiger partial charge in [0.1, 0.15) is 0 Å². The first-order chi connectivity index (χ1) is 8.36. The number of nitrogens with two attached hydrogens (primary N) is 2. The summed E-state index contributed by atoms with van der Waals surface area (Å²) >= 11 is 0. The quantitative estimate of drug-likeness (QED) is 0.701. The number of carbonyl (C=O) groups is 1. The van der Waals surface area contributed by atoms with Gasteiger partial charge in [0.2, 0.25) is 5.91 Å². The molecule has 0 bridgehead atoms. The Balaban J connectivity index is 2.30. The molecule has 1 saturated heterocycles. The molecule has 4 N–H and O–H groups in total. The zero-order chi connectivity index (χ0) is 13.8. The normalized spacial score (nSPS) is 25.9. The third-order valence-corrected chi connectivity index (χ3v) is 4.07. The second kappa shape index (κ2) is 6.50. The average Bonchev–Trinajstić information content (AvgIpc) is 2.31. The standard InChI is InChI=1S/C13H28N4O/c1-4-11-10-17(9-8-16(11)3)7-5-6-13(2,15)12(14)18/h11H,4-10,15H2,1-3H3,(H2,14,18). The number of likely N-dealkylation sites (N-methyl/N-ethyl adjacent to an activating group) is 1. The van der Waals surface area contributed by atoms with Crippen molar-refractivity contribution in [3.05, 3.63) is 0 Å². The van der Waals surface area contributed by atoms with E-state index in [1.165, 1.54) is 6.42 Å². The van der Waals surface area contributed by atoms with Crippen molar-refractivity contribution in [2.24, 2.45) is 11.5 Å². The number of primary amides is 1. The molecule has 1 fully saturated rings. The molecule has 0 radical (unpaired) electrons. The molecule has 0 aromatic rings. The summed E-state index contributed by atoms with van der Waals surface area (Å²) in [5, 5.41) is 0. The Morgan fingerprint density at radius 2 is 2.11 bits per heavy atom. The van der Waals surface area contributed by atoms with Crippen LogP contribution in [-0.2, 0) is 4.79 Å². The minimum atomic E-state index is -0.864. The Labute approximate surface area is 110 Å². The van der Waals surface area contributed by atoms with Crippen LogP contribution in [0.3, 0.4) is 0 Å². The van der Waals surface area contributed by atoms with Crippen LogP contribution in [0.4, 0.5) is 0 Å². The van der Waals surface area contributed by atoms with Crippen LogP contribution in [0.25, 0.3) is 0 Å². The van der Waals surface area contributed by atoms with E-state index in [2.05, 4.69) is 23.8 Å². The number of hydrogen-bond donors (Lipinski definition) is 2. The molecule has 2 atom stereocenters. The van der Waals surface area contributed by atoms with Gasteiger partial charge in [-0.3, -0.25) is 4.79 Å². The highest BCUT2D eigenvalue weighted by Crippen LogP contribution is 2.13. The first-order valence-corrected chi connectivity index (χ1v) is 6.88. The smallest absolute Gasteiger partial charge is 0.237 e. The van der Waals surface area contributed by atoms with E-state index in [1.807, 2.05) is 0 Å². The molecule has 1 amide bonds. The highest BCUT2D eigenvalue weighted by Gasteiger charge is 2.26. The van der Waals surface area contributed by atoms with Crippen LogP contribution in [0.1, 0.15) is 33.1 Å². The van der Waals surface area contributed by atoms with Gasteiger partial charge in [-0.2, -0.15) is 0 Å². The molecule has 0 aliphatic carbocycles. The number of piperazine rings is 1. The molecule has 1 aliphatic rings. The molecular formula is C13H28N4O. The number of rotatable bonds is 6. The Morgan fingerprint density at radius 1 is 1.44 bits per heavy atom. The van der Waals surface area contributed by atoms with E-state index in [0.29, 0.717) is 12.5 Å².